The van der Waals surface area contributed by atoms with Crippen LogP contribution in [-0.2, 0) is 38.8 Å². The summed E-state index contributed by atoms with van der Waals surface area (Å²) in [6.45, 7) is 1.03. The van der Waals surface area contributed by atoms with Crippen LogP contribution in [0.1, 0.15) is 22.3 Å². The first-order valence-corrected chi connectivity index (χ1v) is 16.3. The monoisotopic (exact) mass is 678 g/mol. The minimum Gasteiger partial charge on any atom is -0.497 e. The smallest absolute Gasteiger partial charge is 0.347 e. The lowest BCUT2D eigenvalue weighted by Crippen LogP contribution is -2.56. The molecular weight excluding hydrogens is 640 g/mol. The third kappa shape index (κ3) is 7.24. The number of rotatable bonds is 13. The quantitative estimate of drug-likeness (QED) is 0.125. The lowest BCUT2D eigenvalue weighted by atomic mass is 9.92. The second-order valence-corrected chi connectivity index (χ2v) is 12.0. The highest BCUT2D eigenvalue weighted by atomic mass is 16.7. The molecule has 0 saturated carbocycles. The minimum absolute atomic E-state index is 0.180. The molecule has 1 fully saturated rings. The number of hydrogen-bond acceptors (Lipinski definition) is 10. The molecular formula is C40H38O10. The Kier molecular flexibility index (Phi) is 10.1. The number of methoxy groups -OCH3 is 3. The molecule has 0 radical (unpaired) electrons. The fourth-order valence-electron chi connectivity index (χ4n) is 6.10. The van der Waals surface area contributed by atoms with E-state index in [4.69, 9.17) is 42.3 Å². The van der Waals surface area contributed by atoms with Crippen LogP contribution in [0.5, 0.6) is 23.0 Å². The largest absolute Gasteiger partial charge is 0.497 e. The van der Waals surface area contributed by atoms with Crippen LogP contribution in [0, 0.1) is 0 Å². The second kappa shape index (κ2) is 15.2. The van der Waals surface area contributed by atoms with Gasteiger partial charge in [0.25, 0.3) is 0 Å². The van der Waals surface area contributed by atoms with Gasteiger partial charge in [-0.1, -0.05) is 48.5 Å². The number of fused-ring (bicyclic) bond motifs is 4. The maximum absolute atomic E-state index is 13.3. The molecule has 0 bridgehead atoms. The highest BCUT2D eigenvalue weighted by molar-refractivity contribution is 5.88. The highest BCUT2D eigenvalue weighted by Gasteiger charge is 2.47. The van der Waals surface area contributed by atoms with Gasteiger partial charge in [0.2, 0.25) is 6.29 Å². The van der Waals surface area contributed by atoms with Gasteiger partial charge in [-0.2, -0.15) is 0 Å². The van der Waals surface area contributed by atoms with Crippen molar-refractivity contribution in [1.82, 2.24) is 0 Å². The zero-order valence-corrected chi connectivity index (χ0v) is 28.0. The lowest BCUT2D eigenvalue weighted by molar-refractivity contribution is -0.229. The molecule has 0 unspecified atom stereocenters. The maximum atomic E-state index is 13.3. The number of ether oxygens (including phenoxy) is 8. The standard InChI is InChI=1S/C40H38O10/c1-42-28-14-8-25(9-15-28)21-45-24-35-38(47-23-27-12-18-30(44-3)19-13-27)37(46-22-26-10-16-29(43-2)17-11-26)33-20-32-36(50-40(33)49-35)31-6-4-5-7-34(31)48-39(32)41/h4-20,35,37-38,40H,21-24H2,1-3H3/t35-,37-,38+,40+/m1/s1. The summed E-state index contributed by atoms with van der Waals surface area (Å²) in [5.41, 5.74) is 3.66. The van der Waals surface area contributed by atoms with Gasteiger partial charge < -0.3 is 42.3 Å². The van der Waals surface area contributed by atoms with Crippen LogP contribution in [0.25, 0.3) is 17.0 Å². The molecule has 258 valence electrons. The Balaban J connectivity index is 1.23. The van der Waals surface area contributed by atoms with Crippen LogP contribution < -0.4 is 24.6 Å². The number of hydrogen-bond donors (Lipinski definition) is 0. The van der Waals surface area contributed by atoms with Gasteiger partial charge >= 0.3 is 5.63 Å². The van der Waals surface area contributed by atoms with E-state index < -0.39 is 30.2 Å². The van der Waals surface area contributed by atoms with Gasteiger partial charge in [-0.15, -0.1) is 0 Å². The molecule has 50 heavy (non-hydrogen) atoms. The van der Waals surface area contributed by atoms with Gasteiger partial charge in [0.05, 0.1) is 53.1 Å². The molecule has 2 aliphatic rings. The van der Waals surface area contributed by atoms with Gasteiger partial charge in [-0.25, -0.2) is 4.79 Å². The SMILES string of the molecule is COc1ccc(COC[C@H]2O[C@H]3Oc4c(c(=O)oc5ccccc45)C=C3[C@@H](OCc3ccc(OC)cc3)[C@H]2OCc2ccc(OC)cc2)cc1. The van der Waals surface area contributed by atoms with E-state index in [-0.39, 0.29) is 19.8 Å². The molecule has 1 saturated heterocycles. The van der Waals surface area contributed by atoms with Crippen molar-refractivity contribution in [3.8, 4) is 23.0 Å². The van der Waals surface area contributed by atoms with Crippen molar-refractivity contribution in [2.75, 3.05) is 27.9 Å². The summed E-state index contributed by atoms with van der Waals surface area (Å²) >= 11 is 0. The summed E-state index contributed by atoms with van der Waals surface area (Å²) < 4.78 is 54.4. The minimum atomic E-state index is -0.871. The third-order valence-electron chi connectivity index (χ3n) is 8.80. The zero-order chi connectivity index (χ0) is 34.5. The van der Waals surface area contributed by atoms with Gasteiger partial charge in [0, 0.05) is 5.57 Å². The van der Waals surface area contributed by atoms with E-state index in [2.05, 4.69) is 0 Å². The summed E-state index contributed by atoms with van der Waals surface area (Å²) in [4.78, 5) is 13.3. The van der Waals surface area contributed by atoms with Gasteiger partial charge in [0.15, 0.2) is 0 Å². The van der Waals surface area contributed by atoms with E-state index in [0.717, 1.165) is 33.9 Å². The van der Waals surface area contributed by atoms with E-state index in [9.17, 15) is 4.79 Å². The first-order chi connectivity index (χ1) is 24.5. The van der Waals surface area contributed by atoms with E-state index in [1.54, 1.807) is 33.5 Å². The summed E-state index contributed by atoms with van der Waals surface area (Å²) in [6.07, 6.45) is -1.04. The molecule has 0 amide bonds. The Morgan fingerprint density at radius 3 is 1.82 bits per heavy atom. The van der Waals surface area contributed by atoms with Gasteiger partial charge in [-0.05, 0) is 71.3 Å². The van der Waals surface area contributed by atoms with Crippen LogP contribution in [0.2, 0.25) is 0 Å². The molecule has 2 aliphatic heterocycles. The number of para-hydroxylation sites is 1. The first-order valence-electron chi connectivity index (χ1n) is 16.3. The average Bonchev–Trinajstić information content (AvgIpc) is 3.16. The fraction of sp³-hybridized carbons (Fsp3) is 0.275. The molecule has 1 aromatic heterocycles. The van der Waals surface area contributed by atoms with Crippen molar-refractivity contribution in [3.63, 3.8) is 0 Å². The lowest BCUT2D eigenvalue weighted by Gasteiger charge is -2.44. The molecule has 3 heterocycles. The highest BCUT2D eigenvalue weighted by Crippen LogP contribution is 2.41. The van der Waals surface area contributed by atoms with Gasteiger partial charge in [-0.3, -0.25) is 0 Å². The van der Waals surface area contributed by atoms with Crippen LogP contribution >= 0.6 is 0 Å². The second-order valence-electron chi connectivity index (χ2n) is 12.0. The molecule has 0 spiro atoms. The van der Waals surface area contributed by atoms with Crippen molar-refractivity contribution < 1.29 is 42.3 Å². The van der Waals surface area contributed by atoms with Crippen LogP contribution in [0.4, 0.5) is 0 Å². The fourth-order valence-corrected chi connectivity index (χ4v) is 6.10. The Bertz CT molecular complexity index is 1980. The molecule has 0 aliphatic carbocycles. The van der Waals surface area contributed by atoms with Crippen molar-refractivity contribution in [3.05, 3.63) is 135 Å². The summed E-state index contributed by atoms with van der Waals surface area (Å²) in [5, 5.41) is 0.668. The molecule has 4 atom stereocenters. The molecule has 4 aromatic carbocycles. The van der Waals surface area contributed by atoms with E-state index >= 15 is 0 Å². The Morgan fingerprint density at radius 2 is 1.22 bits per heavy atom. The Labute approximate surface area is 289 Å². The molecule has 5 aromatic rings. The predicted octanol–water partition coefficient (Wildman–Crippen LogP) is 6.71. The average molecular weight is 679 g/mol. The van der Waals surface area contributed by atoms with Crippen molar-refractivity contribution >= 4 is 17.0 Å². The van der Waals surface area contributed by atoms with Crippen molar-refractivity contribution in [2.24, 2.45) is 0 Å². The third-order valence-corrected chi connectivity index (χ3v) is 8.80. The van der Waals surface area contributed by atoms with E-state index in [0.29, 0.717) is 34.5 Å². The molecule has 7 rings (SSSR count). The van der Waals surface area contributed by atoms with E-state index in [1.807, 2.05) is 91.0 Å². The molecule has 10 heteroatoms. The normalized spacial score (nSPS) is 19.5. The van der Waals surface area contributed by atoms with Gasteiger partial charge in [0.1, 0.15) is 52.5 Å². The van der Waals surface area contributed by atoms with Crippen LogP contribution in [-0.4, -0.2) is 52.5 Å². The maximum Gasteiger partial charge on any atom is 0.347 e. The number of benzene rings is 4. The predicted molar refractivity (Wildman–Crippen MR) is 186 cm³/mol. The van der Waals surface area contributed by atoms with Crippen molar-refractivity contribution in [1.29, 1.82) is 0 Å². The molecule has 0 N–H and O–H groups in total. The first kappa shape index (κ1) is 33.4. The zero-order valence-electron chi connectivity index (χ0n) is 28.0. The van der Waals surface area contributed by atoms with Crippen LogP contribution in [0.15, 0.2) is 112 Å². The van der Waals surface area contributed by atoms with E-state index in [1.165, 1.54) is 0 Å². The summed E-state index contributed by atoms with van der Waals surface area (Å²) in [7, 11) is 4.89. The molecule has 10 nitrogen and oxygen atoms in total. The summed E-state index contributed by atoms with van der Waals surface area (Å²) in [6, 6.07) is 30.3. The topological polar surface area (TPSA) is 104 Å². The van der Waals surface area contributed by atoms with Crippen LogP contribution in [0.3, 0.4) is 0 Å². The van der Waals surface area contributed by atoms with Crippen molar-refractivity contribution in [2.45, 2.75) is 44.4 Å². The Hall–Kier alpha value is -5.13. The Morgan fingerprint density at radius 1 is 0.660 bits per heavy atom. The summed E-state index contributed by atoms with van der Waals surface area (Å²) in [5.74, 6) is 2.66.